The number of carbonyl (C=O) groups is 1. The highest BCUT2D eigenvalue weighted by Crippen LogP contribution is 2.25. The lowest BCUT2D eigenvalue weighted by molar-refractivity contribution is 0.0170. The fourth-order valence-corrected chi connectivity index (χ4v) is 3.13. The van der Waals surface area contributed by atoms with Gasteiger partial charge in [0.1, 0.15) is 5.82 Å². The molecule has 3 rings (SSSR count). The molecule has 3 N–H and O–H groups in total. The summed E-state index contributed by atoms with van der Waals surface area (Å²) in [6.07, 6.45) is 1.54. The Bertz CT molecular complexity index is 759. The Morgan fingerprint density at radius 3 is 2.68 bits per heavy atom. The van der Waals surface area contributed by atoms with Gasteiger partial charge in [-0.2, -0.15) is 0 Å². The number of rotatable bonds is 4. The van der Waals surface area contributed by atoms with E-state index in [1.807, 2.05) is 0 Å². The van der Waals surface area contributed by atoms with E-state index >= 15 is 0 Å². The molecular weight excluding hydrogens is 343 g/mol. The molecule has 4 nitrogen and oxygen atoms in total. The van der Waals surface area contributed by atoms with E-state index in [1.165, 1.54) is 6.07 Å². The average Bonchev–Trinajstić information content (AvgIpc) is 2.61. The van der Waals surface area contributed by atoms with Gasteiger partial charge in [0.05, 0.1) is 5.60 Å². The van der Waals surface area contributed by atoms with Crippen molar-refractivity contribution >= 4 is 17.5 Å². The second-order valence-electron chi connectivity index (χ2n) is 6.39. The molecule has 1 saturated heterocycles. The van der Waals surface area contributed by atoms with Crippen molar-refractivity contribution in [2.75, 3.05) is 19.6 Å². The molecule has 1 heterocycles. The maximum atomic E-state index is 14.0. The highest BCUT2D eigenvalue weighted by Gasteiger charge is 2.29. The Kier molecular flexibility index (Phi) is 5.37. The Labute approximate surface area is 151 Å². The smallest absolute Gasteiger partial charge is 0.251 e. The zero-order valence-corrected chi connectivity index (χ0v) is 14.4. The number of aliphatic hydroxyl groups is 1. The van der Waals surface area contributed by atoms with Crippen LogP contribution in [-0.4, -0.2) is 36.2 Å². The van der Waals surface area contributed by atoms with Crippen LogP contribution in [0.4, 0.5) is 4.39 Å². The van der Waals surface area contributed by atoms with E-state index in [1.54, 1.807) is 36.4 Å². The molecule has 2 aromatic carbocycles. The van der Waals surface area contributed by atoms with Gasteiger partial charge >= 0.3 is 0 Å². The van der Waals surface area contributed by atoms with Crippen molar-refractivity contribution in [1.29, 1.82) is 0 Å². The monoisotopic (exact) mass is 362 g/mol. The summed E-state index contributed by atoms with van der Waals surface area (Å²) in [7, 11) is 0. The van der Waals surface area contributed by atoms with E-state index in [4.69, 9.17) is 11.6 Å². The minimum atomic E-state index is -0.902. The van der Waals surface area contributed by atoms with Crippen molar-refractivity contribution in [3.63, 3.8) is 0 Å². The molecule has 0 bridgehead atoms. The first-order chi connectivity index (χ1) is 12.0. The van der Waals surface area contributed by atoms with Gasteiger partial charge in [-0.3, -0.25) is 4.79 Å². The molecule has 1 aliphatic rings. The Morgan fingerprint density at radius 1 is 1.28 bits per heavy atom. The van der Waals surface area contributed by atoms with Crippen molar-refractivity contribution < 1.29 is 14.3 Å². The largest absolute Gasteiger partial charge is 0.387 e. The van der Waals surface area contributed by atoms with Gasteiger partial charge in [0.25, 0.3) is 5.91 Å². The molecular formula is C19H20ClFN2O2. The topological polar surface area (TPSA) is 61.4 Å². The summed E-state index contributed by atoms with van der Waals surface area (Å²) < 4.78 is 14.0. The van der Waals surface area contributed by atoms with Crippen LogP contribution in [0.15, 0.2) is 42.5 Å². The minimum Gasteiger partial charge on any atom is -0.387 e. The zero-order chi connectivity index (χ0) is 17.9. The zero-order valence-electron chi connectivity index (χ0n) is 13.7. The van der Waals surface area contributed by atoms with Crippen LogP contribution in [-0.2, 0) is 0 Å². The van der Waals surface area contributed by atoms with E-state index in [9.17, 15) is 14.3 Å². The summed E-state index contributed by atoms with van der Waals surface area (Å²) in [5.41, 5.74) is 0.658. The Balaban J connectivity index is 1.66. The van der Waals surface area contributed by atoms with Gasteiger partial charge in [0, 0.05) is 29.2 Å². The number of β-amino-alcohol motifs (C(OH)–C–C–N with tert-alkyl or cyclic N) is 1. The van der Waals surface area contributed by atoms with Crippen molar-refractivity contribution in [3.8, 4) is 11.1 Å². The third-order valence-corrected chi connectivity index (χ3v) is 4.65. The van der Waals surface area contributed by atoms with E-state index in [2.05, 4.69) is 10.6 Å². The number of benzene rings is 2. The lowest BCUT2D eigenvalue weighted by atomic mass is 9.94. The first-order valence-corrected chi connectivity index (χ1v) is 8.61. The van der Waals surface area contributed by atoms with E-state index in [0.717, 1.165) is 13.0 Å². The van der Waals surface area contributed by atoms with Gasteiger partial charge in [0.2, 0.25) is 0 Å². The lowest BCUT2D eigenvalue weighted by Gasteiger charge is -2.32. The molecule has 2 aromatic rings. The van der Waals surface area contributed by atoms with Gasteiger partial charge in [-0.1, -0.05) is 23.7 Å². The molecule has 132 valence electrons. The first-order valence-electron chi connectivity index (χ1n) is 8.24. The molecule has 25 heavy (non-hydrogen) atoms. The predicted molar refractivity (Wildman–Crippen MR) is 96.2 cm³/mol. The summed E-state index contributed by atoms with van der Waals surface area (Å²) in [5.74, 6) is -0.668. The Hall–Kier alpha value is -1.95. The molecule has 1 aliphatic heterocycles. The van der Waals surface area contributed by atoms with Gasteiger partial charge in [-0.05, 0) is 55.3 Å². The fraction of sp³-hybridized carbons (Fsp3) is 0.316. The van der Waals surface area contributed by atoms with Crippen molar-refractivity contribution in [2.24, 2.45) is 0 Å². The third kappa shape index (κ3) is 4.37. The second kappa shape index (κ2) is 7.52. The molecule has 6 heteroatoms. The van der Waals surface area contributed by atoms with Crippen LogP contribution in [0.25, 0.3) is 11.1 Å². The molecule has 1 fully saturated rings. The lowest BCUT2D eigenvalue weighted by Crippen LogP contribution is -2.52. The standard InChI is InChI=1S/C19H20ClFN2O2/c20-15-6-7-16(17(21)10-15)13-2-4-14(5-3-13)18(24)23-12-19(25)8-1-9-22-11-19/h2-7,10,22,25H,1,8-9,11-12H2,(H,23,24)/t19-/m0/s1. The number of piperidine rings is 1. The summed E-state index contributed by atoms with van der Waals surface area (Å²) >= 11 is 5.76. The maximum Gasteiger partial charge on any atom is 0.251 e. The molecule has 0 spiro atoms. The van der Waals surface area contributed by atoms with Gasteiger partial charge < -0.3 is 15.7 Å². The van der Waals surface area contributed by atoms with Crippen molar-refractivity contribution in [2.45, 2.75) is 18.4 Å². The van der Waals surface area contributed by atoms with Gasteiger partial charge in [-0.25, -0.2) is 4.39 Å². The van der Waals surface area contributed by atoms with E-state index in [-0.39, 0.29) is 12.5 Å². The molecule has 0 aliphatic carbocycles. The molecule has 0 saturated carbocycles. The quantitative estimate of drug-likeness (QED) is 0.783. The van der Waals surface area contributed by atoms with E-state index < -0.39 is 11.4 Å². The highest BCUT2D eigenvalue weighted by molar-refractivity contribution is 6.30. The molecule has 1 amide bonds. The number of hydrogen-bond acceptors (Lipinski definition) is 3. The van der Waals surface area contributed by atoms with Crippen molar-refractivity contribution in [1.82, 2.24) is 10.6 Å². The number of nitrogens with one attached hydrogen (secondary N) is 2. The van der Waals surface area contributed by atoms with Crippen LogP contribution in [0, 0.1) is 5.82 Å². The normalized spacial score (nSPS) is 20.3. The molecule has 0 radical (unpaired) electrons. The van der Waals surface area contributed by atoms with Crippen LogP contribution in [0.5, 0.6) is 0 Å². The summed E-state index contributed by atoms with van der Waals surface area (Å²) in [4.78, 5) is 12.3. The van der Waals surface area contributed by atoms with Crippen LogP contribution in [0.1, 0.15) is 23.2 Å². The van der Waals surface area contributed by atoms with Crippen LogP contribution < -0.4 is 10.6 Å². The number of amides is 1. The first kappa shape index (κ1) is 17.9. The number of hydrogen-bond donors (Lipinski definition) is 3. The predicted octanol–water partition coefficient (Wildman–Crippen LogP) is 2.99. The molecule has 0 aromatic heterocycles. The van der Waals surface area contributed by atoms with Gasteiger partial charge in [-0.15, -0.1) is 0 Å². The summed E-state index contributed by atoms with van der Waals surface area (Å²) in [5, 5.41) is 16.6. The maximum absolute atomic E-state index is 14.0. The summed E-state index contributed by atoms with van der Waals surface area (Å²) in [6, 6.07) is 11.2. The molecule has 0 unspecified atom stereocenters. The molecule has 1 atom stereocenters. The van der Waals surface area contributed by atoms with Gasteiger partial charge in [0.15, 0.2) is 0 Å². The van der Waals surface area contributed by atoms with Crippen LogP contribution in [0.2, 0.25) is 5.02 Å². The third-order valence-electron chi connectivity index (χ3n) is 4.42. The van der Waals surface area contributed by atoms with Crippen LogP contribution >= 0.6 is 11.6 Å². The summed E-state index contributed by atoms with van der Waals surface area (Å²) in [6.45, 7) is 1.56. The SMILES string of the molecule is O=C(NC[C@]1(O)CCCNC1)c1ccc(-c2ccc(Cl)cc2F)cc1. The van der Waals surface area contributed by atoms with E-state index in [0.29, 0.717) is 34.7 Å². The average molecular weight is 363 g/mol. The fourth-order valence-electron chi connectivity index (χ4n) is 2.97. The number of carbonyl (C=O) groups excluding carboxylic acids is 1. The van der Waals surface area contributed by atoms with Crippen molar-refractivity contribution in [3.05, 3.63) is 58.9 Å². The minimum absolute atomic E-state index is 0.201. The second-order valence-corrected chi connectivity index (χ2v) is 6.83. The number of halogens is 2. The Morgan fingerprint density at radius 2 is 2.04 bits per heavy atom. The highest BCUT2D eigenvalue weighted by atomic mass is 35.5. The van der Waals surface area contributed by atoms with Crippen LogP contribution in [0.3, 0.4) is 0 Å².